The number of aromatic nitrogens is 1. The molecule has 14 heavy (non-hydrogen) atoms. The van der Waals surface area contributed by atoms with E-state index in [-0.39, 0.29) is 6.04 Å². The van der Waals surface area contributed by atoms with Crippen molar-refractivity contribution in [1.82, 2.24) is 4.98 Å². The Morgan fingerprint density at radius 1 is 1.64 bits per heavy atom. The molecule has 1 atom stereocenters. The van der Waals surface area contributed by atoms with E-state index < -0.39 is 0 Å². The number of hydrogen-bond acceptors (Lipinski definition) is 4. The van der Waals surface area contributed by atoms with Crippen LogP contribution < -0.4 is 5.73 Å². The SMILES string of the molecule is Cc1ncc(C(N)C2=COCCC2)s1. The molecule has 3 nitrogen and oxygen atoms in total. The second-order valence-corrected chi connectivity index (χ2v) is 4.69. The maximum atomic E-state index is 6.11. The number of nitrogens with two attached hydrogens (primary N) is 1. The highest BCUT2D eigenvalue weighted by molar-refractivity contribution is 7.11. The van der Waals surface area contributed by atoms with E-state index in [1.807, 2.05) is 19.4 Å². The highest BCUT2D eigenvalue weighted by Gasteiger charge is 2.16. The van der Waals surface area contributed by atoms with Gasteiger partial charge in [-0.25, -0.2) is 4.98 Å². The second kappa shape index (κ2) is 4.11. The van der Waals surface area contributed by atoms with Crippen LogP contribution in [0.25, 0.3) is 0 Å². The van der Waals surface area contributed by atoms with E-state index in [1.54, 1.807) is 11.3 Å². The van der Waals surface area contributed by atoms with Crippen LogP contribution in [0.2, 0.25) is 0 Å². The Morgan fingerprint density at radius 2 is 2.50 bits per heavy atom. The molecule has 0 saturated carbocycles. The first-order chi connectivity index (χ1) is 6.77. The molecule has 2 rings (SSSR count). The van der Waals surface area contributed by atoms with Gasteiger partial charge in [0.2, 0.25) is 0 Å². The van der Waals surface area contributed by atoms with Crippen LogP contribution in [-0.4, -0.2) is 11.6 Å². The van der Waals surface area contributed by atoms with E-state index in [4.69, 9.17) is 10.5 Å². The van der Waals surface area contributed by atoms with Gasteiger partial charge in [-0.05, 0) is 25.3 Å². The Labute approximate surface area is 87.6 Å². The molecular weight excluding hydrogens is 196 g/mol. The Bertz CT molecular complexity index is 346. The summed E-state index contributed by atoms with van der Waals surface area (Å²) in [5, 5.41) is 1.06. The average Bonchev–Trinajstić information content (AvgIpc) is 2.65. The zero-order valence-electron chi connectivity index (χ0n) is 8.19. The molecule has 0 aromatic carbocycles. The smallest absolute Gasteiger partial charge is 0.0897 e. The zero-order valence-corrected chi connectivity index (χ0v) is 9.01. The van der Waals surface area contributed by atoms with Crippen LogP contribution in [0, 0.1) is 6.92 Å². The second-order valence-electron chi connectivity index (χ2n) is 3.43. The van der Waals surface area contributed by atoms with E-state index in [0.717, 1.165) is 29.3 Å². The summed E-state index contributed by atoms with van der Waals surface area (Å²) in [7, 11) is 0. The summed E-state index contributed by atoms with van der Waals surface area (Å²) in [4.78, 5) is 5.33. The molecular formula is C10H14N2OS. The van der Waals surface area contributed by atoms with Gasteiger partial charge in [0, 0.05) is 11.1 Å². The molecule has 0 bridgehead atoms. The van der Waals surface area contributed by atoms with Gasteiger partial charge in [-0.15, -0.1) is 11.3 Å². The lowest BCUT2D eigenvalue weighted by Gasteiger charge is -2.18. The molecule has 4 heteroatoms. The van der Waals surface area contributed by atoms with Gasteiger partial charge in [0.25, 0.3) is 0 Å². The van der Waals surface area contributed by atoms with Crippen molar-refractivity contribution in [3.05, 3.63) is 27.9 Å². The summed E-state index contributed by atoms with van der Waals surface area (Å²) in [5.74, 6) is 0. The number of thiazole rings is 1. The van der Waals surface area contributed by atoms with E-state index in [2.05, 4.69) is 4.98 Å². The van der Waals surface area contributed by atoms with Gasteiger partial charge < -0.3 is 10.5 Å². The first-order valence-corrected chi connectivity index (χ1v) is 5.57. The van der Waals surface area contributed by atoms with Crippen molar-refractivity contribution in [2.24, 2.45) is 5.73 Å². The highest BCUT2D eigenvalue weighted by Crippen LogP contribution is 2.28. The minimum atomic E-state index is -0.0264. The average molecular weight is 210 g/mol. The summed E-state index contributed by atoms with van der Waals surface area (Å²) in [6, 6.07) is -0.0264. The van der Waals surface area contributed by atoms with Crippen LogP contribution >= 0.6 is 11.3 Å². The standard InChI is InChI=1S/C10H14N2OS/c1-7-12-5-9(14-7)10(11)8-3-2-4-13-6-8/h5-6,10H,2-4,11H2,1H3. The third kappa shape index (κ3) is 1.96. The Morgan fingerprint density at radius 3 is 3.07 bits per heavy atom. The van der Waals surface area contributed by atoms with Crippen molar-refractivity contribution in [2.75, 3.05) is 6.61 Å². The maximum absolute atomic E-state index is 6.11. The molecule has 76 valence electrons. The lowest BCUT2D eigenvalue weighted by molar-refractivity contribution is 0.221. The number of hydrogen-bond donors (Lipinski definition) is 1. The normalized spacial score (nSPS) is 18.6. The van der Waals surface area contributed by atoms with Crippen molar-refractivity contribution in [3.8, 4) is 0 Å². The minimum Gasteiger partial charge on any atom is -0.501 e. The summed E-state index contributed by atoms with van der Waals surface area (Å²) in [6.07, 6.45) is 5.78. The van der Waals surface area contributed by atoms with E-state index >= 15 is 0 Å². The fourth-order valence-corrected chi connectivity index (χ4v) is 2.35. The van der Waals surface area contributed by atoms with E-state index in [1.165, 1.54) is 5.57 Å². The van der Waals surface area contributed by atoms with Crippen LogP contribution in [0.5, 0.6) is 0 Å². The molecule has 1 unspecified atom stereocenters. The first-order valence-electron chi connectivity index (χ1n) is 4.76. The molecule has 2 heterocycles. The van der Waals surface area contributed by atoms with Gasteiger partial charge in [-0.1, -0.05) is 0 Å². The molecule has 0 amide bonds. The number of rotatable bonds is 2. The lowest BCUT2D eigenvalue weighted by atomic mass is 10.0. The topological polar surface area (TPSA) is 48.1 Å². The number of ether oxygens (including phenoxy) is 1. The molecule has 0 fully saturated rings. The monoisotopic (exact) mass is 210 g/mol. The van der Waals surface area contributed by atoms with E-state index in [0.29, 0.717) is 0 Å². The van der Waals surface area contributed by atoms with Gasteiger partial charge in [0.1, 0.15) is 0 Å². The summed E-state index contributed by atoms with van der Waals surface area (Å²) in [5.41, 5.74) is 7.29. The van der Waals surface area contributed by atoms with Crippen molar-refractivity contribution >= 4 is 11.3 Å². The van der Waals surface area contributed by atoms with Crippen molar-refractivity contribution < 1.29 is 4.74 Å². The Balaban J connectivity index is 2.14. The van der Waals surface area contributed by atoms with Gasteiger partial charge in [-0.2, -0.15) is 0 Å². The quantitative estimate of drug-likeness (QED) is 0.813. The predicted molar refractivity (Wildman–Crippen MR) is 57.0 cm³/mol. The van der Waals surface area contributed by atoms with Gasteiger partial charge in [0.05, 0.1) is 23.9 Å². The molecule has 0 aliphatic carbocycles. The highest BCUT2D eigenvalue weighted by atomic mass is 32.1. The van der Waals surface area contributed by atoms with Crippen molar-refractivity contribution in [2.45, 2.75) is 25.8 Å². The maximum Gasteiger partial charge on any atom is 0.0897 e. The van der Waals surface area contributed by atoms with Crippen LogP contribution in [0.15, 0.2) is 18.0 Å². The van der Waals surface area contributed by atoms with Crippen LogP contribution in [0.4, 0.5) is 0 Å². The molecule has 1 aliphatic heterocycles. The third-order valence-electron chi connectivity index (χ3n) is 2.31. The number of nitrogens with zero attached hydrogens (tertiary/aromatic N) is 1. The predicted octanol–water partition coefficient (Wildman–Crippen LogP) is 2.15. The van der Waals surface area contributed by atoms with Crippen molar-refractivity contribution in [1.29, 1.82) is 0 Å². The molecule has 1 aliphatic rings. The van der Waals surface area contributed by atoms with Crippen molar-refractivity contribution in [3.63, 3.8) is 0 Å². The largest absolute Gasteiger partial charge is 0.501 e. The molecule has 1 aromatic rings. The van der Waals surface area contributed by atoms with Crippen LogP contribution in [0.1, 0.15) is 28.8 Å². The summed E-state index contributed by atoms with van der Waals surface area (Å²) >= 11 is 1.66. The fourth-order valence-electron chi connectivity index (χ4n) is 1.52. The fraction of sp³-hybridized carbons (Fsp3) is 0.500. The number of aryl methyl sites for hydroxylation is 1. The first kappa shape index (κ1) is 9.68. The molecule has 0 radical (unpaired) electrons. The van der Waals surface area contributed by atoms with Gasteiger partial charge >= 0.3 is 0 Å². The third-order valence-corrected chi connectivity index (χ3v) is 3.30. The zero-order chi connectivity index (χ0) is 9.97. The van der Waals surface area contributed by atoms with E-state index in [9.17, 15) is 0 Å². The molecule has 0 spiro atoms. The van der Waals surface area contributed by atoms with Crippen LogP contribution in [-0.2, 0) is 4.74 Å². The van der Waals surface area contributed by atoms with Crippen LogP contribution in [0.3, 0.4) is 0 Å². The Hall–Kier alpha value is -0.870. The lowest BCUT2D eigenvalue weighted by Crippen LogP contribution is -2.15. The Kier molecular flexibility index (Phi) is 2.84. The minimum absolute atomic E-state index is 0.0264. The summed E-state index contributed by atoms with van der Waals surface area (Å²) in [6.45, 7) is 2.81. The molecule has 0 saturated heterocycles. The summed E-state index contributed by atoms with van der Waals surface area (Å²) < 4.78 is 5.27. The van der Waals surface area contributed by atoms with Gasteiger partial charge in [-0.3, -0.25) is 0 Å². The molecule has 1 aromatic heterocycles. The van der Waals surface area contributed by atoms with Gasteiger partial charge in [0.15, 0.2) is 0 Å². The molecule has 2 N–H and O–H groups in total.